The van der Waals surface area contributed by atoms with E-state index < -0.39 is 0 Å². The highest BCUT2D eigenvalue weighted by Crippen LogP contribution is 2.13. The predicted octanol–water partition coefficient (Wildman–Crippen LogP) is 0.853. The van der Waals surface area contributed by atoms with Gasteiger partial charge in [-0.3, -0.25) is 0 Å². The molecule has 2 N–H and O–H groups in total. The zero-order valence-corrected chi connectivity index (χ0v) is 10.8. The van der Waals surface area contributed by atoms with Gasteiger partial charge in [-0.2, -0.15) is 9.97 Å². The lowest BCUT2D eigenvalue weighted by Crippen LogP contribution is -2.10. The van der Waals surface area contributed by atoms with Gasteiger partial charge in [0, 0.05) is 19.6 Å². The van der Waals surface area contributed by atoms with Gasteiger partial charge in [-0.25, -0.2) is 0 Å². The molecule has 7 nitrogen and oxygen atoms in total. The highest BCUT2D eigenvalue weighted by Gasteiger charge is 2.07. The van der Waals surface area contributed by atoms with E-state index in [0.29, 0.717) is 25.6 Å². The number of aromatic nitrogens is 3. The lowest BCUT2D eigenvalue weighted by atomic mass is 10.5. The Morgan fingerprint density at radius 1 is 1.11 bits per heavy atom. The molecule has 0 atom stereocenters. The molecule has 102 valence electrons. The third-order valence-electron chi connectivity index (χ3n) is 1.93. The van der Waals surface area contributed by atoms with E-state index >= 15 is 0 Å². The van der Waals surface area contributed by atoms with Gasteiger partial charge in [0.15, 0.2) is 0 Å². The minimum Gasteiger partial charge on any atom is -0.464 e. The van der Waals surface area contributed by atoms with Crippen LogP contribution >= 0.6 is 0 Å². The number of ether oxygens (including phenoxy) is 2. The van der Waals surface area contributed by atoms with Gasteiger partial charge < -0.3 is 19.9 Å². The lowest BCUT2D eigenvalue weighted by Gasteiger charge is -2.08. The minimum atomic E-state index is 0.0738. The fraction of sp³-hybridized carbons (Fsp3) is 0.727. The number of hydrogen-bond acceptors (Lipinski definition) is 7. The van der Waals surface area contributed by atoms with E-state index in [0.717, 1.165) is 13.0 Å². The molecule has 0 saturated carbocycles. The molecule has 0 aliphatic heterocycles. The normalized spacial score (nSPS) is 10.2. The fourth-order valence-electron chi connectivity index (χ4n) is 1.14. The van der Waals surface area contributed by atoms with Crippen molar-refractivity contribution in [2.45, 2.75) is 26.7 Å². The summed E-state index contributed by atoms with van der Waals surface area (Å²) in [5.74, 6) is 0.439. The molecule has 0 bridgehead atoms. The Kier molecular flexibility index (Phi) is 6.78. The molecule has 0 amide bonds. The Hall–Kier alpha value is -1.63. The van der Waals surface area contributed by atoms with Crippen molar-refractivity contribution in [3.63, 3.8) is 0 Å². The van der Waals surface area contributed by atoms with Crippen molar-refractivity contribution in [3.8, 4) is 12.0 Å². The van der Waals surface area contributed by atoms with Gasteiger partial charge in [0.25, 0.3) is 0 Å². The molecule has 0 saturated heterocycles. The van der Waals surface area contributed by atoms with E-state index in [2.05, 4.69) is 27.2 Å². The second kappa shape index (κ2) is 8.46. The molecule has 7 heteroatoms. The summed E-state index contributed by atoms with van der Waals surface area (Å²) in [5, 5.41) is 11.7. The Morgan fingerprint density at radius 2 is 1.83 bits per heavy atom. The van der Waals surface area contributed by atoms with Crippen molar-refractivity contribution in [3.05, 3.63) is 0 Å². The Bertz CT molecular complexity index is 349. The molecule has 0 aliphatic rings. The molecular weight excluding hydrogens is 236 g/mol. The third-order valence-corrected chi connectivity index (χ3v) is 1.93. The first kappa shape index (κ1) is 14.4. The summed E-state index contributed by atoms with van der Waals surface area (Å²) in [7, 11) is 0. The second-order valence-corrected chi connectivity index (χ2v) is 3.51. The summed E-state index contributed by atoms with van der Waals surface area (Å²) < 4.78 is 10.6. The molecule has 0 unspecified atom stereocenters. The average molecular weight is 256 g/mol. The molecule has 0 aliphatic carbocycles. The summed E-state index contributed by atoms with van der Waals surface area (Å²) >= 11 is 0. The first-order valence-electron chi connectivity index (χ1n) is 6.16. The molecular formula is C11H20N4O3. The summed E-state index contributed by atoms with van der Waals surface area (Å²) in [6, 6.07) is 0.450. The van der Waals surface area contributed by atoms with Crippen LogP contribution in [0.4, 0.5) is 5.95 Å². The topological polar surface area (TPSA) is 89.4 Å². The number of nitrogens with one attached hydrogen (secondary N) is 1. The van der Waals surface area contributed by atoms with E-state index in [4.69, 9.17) is 14.6 Å². The molecule has 0 radical (unpaired) electrons. The van der Waals surface area contributed by atoms with E-state index in [1.807, 2.05) is 6.92 Å². The largest absolute Gasteiger partial charge is 0.464 e. The zero-order valence-electron chi connectivity index (χ0n) is 10.8. The van der Waals surface area contributed by atoms with Crippen LogP contribution in [0, 0.1) is 0 Å². The molecule has 0 fully saturated rings. The van der Waals surface area contributed by atoms with Crippen LogP contribution in [0.25, 0.3) is 0 Å². The van der Waals surface area contributed by atoms with Crippen LogP contribution in [0.2, 0.25) is 0 Å². The molecule has 0 spiro atoms. The fourth-order valence-corrected chi connectivity index (χ4v) is 1.14. The van der Waals surface area contributed by atoms with Crippen LogP contribution in [0.3, 0.4) is 0 Å². The minimum absolute atomic E-state index is 0.0738. The molecule has 1 aromatic heterocycles. The van der Waals surface area contributed by atoms with Gasteiger partial charge in [-0.1, -0.05) is 6.92 Å². The summed E-state index contributed by atoms with van der Waals surface area (Å²) in [4.78, 5) is 12.2. The number of rotatable bonds is 9. The number of anilines is 1. The number of nitrogens with zero attached hydrogens (tertiary/aromatic N) is 3. The Morgan fingerprint density at radius 3 is 2.44 bits per heavy atom. The average Bonchev–Trinajstić information content (AvgIpc) is 2.37. The van der Waals surface area contributed by atoms with Gasteiger partial charge in [0.1, 0.15) is 0 Å². The van der Waals surface area contributed by atoms with E-state index in [1.54, 1.807) is 0 Å². The molecule has 1 aromatic rings. The SMILES string of the molecule is CCCNc1nc(OCC)nc(OCCCO)n1. The van der Waals surface area contributed by atoms with Crippen LogP contribution in [-0.2, 0) is 0 Å². The standard InChI is InChI=1S/C11H20N4O3/c1-3-6-12-9-13-10(17-4-2)15-11(14-9)18-8-5-7-16/h16H,3-8H2,1-2H3,(H,12,13,14,15). The van der Waals surface area contributed by atoms with Gasteiger partial charge in [-0.15, -0.1) is 4.98 Å². The smallest absolute Gasteiger partial charge is 0.324 e. The Labute approximate surface area is 107 Å². The van der Waals surface area contributed by atoms with E-state index in [-0.39, 0.29) is 18.6 Å². The molecule has 0 aromatic carbocycles. The zero-order chi connectivity index (χ0) is 13.2. The van der Waals surface area contributed by atoms with Crippen molar-refractivity contribution < 1.29 is 14.6 Å². The van der Waals surface area contributed by atoms with Crippen molar-refractivity contribution in [1.82, 2.24) is 15.0 Å². The predicted molar refractivity (Wildman–Crippen MR) is 67.0 cm³/mol. The van der Waals surface area contributed by atoms with Crippen molar-refractivity contribution >= 4 is 5.95 Å². The third kappa shape index (κ3) is 5.13. The molecule has 18 heavy (non-hydrogen) atoms. The summed E-state index contributed by atoms with van der Waals surface area (Å²) in [5.41, 5.74) is 0. The van der Waals surface area contributed by atoms with Gasteiger partial charge in [-0.05, 0) is 13.3 Å². The highest BCUT2D eigenvalue weighted by atomic mass is 16.5. The first-order valence-corrected chi connectivity index (χ1v) is 6.16. The summed E-state index contributed by atoms with van der Waals surface area (Å²) in [6.45, 7) is 5.59. The number of aliphatic hydroxyl groups is 1. The maximum Gasteiger partial charge on any atom is 0.324 e. The Balaban J connectivity index is 2.70. The van der Waals surface area contributed by atoms with Crippen LogP contribution in [0.15, 0.2) is 0 Å². The molecule has 1 rings (SSSR count). The van der Waals surface area contributed by atoms with E-state index in [1.165, 1.54) is 0 Å². The number of hydrogen-bond donors (Lipinski definition) is 2. The molecule has 1 heterocycles. The van der Waals surface area contributed by atoms with Crippen molar-refractivity contribution in [2.75, 3.05) is 31.7 Å². The van der Waals surface area contributed by atoms with Crippen molar-refractivity contribution in [1.29, 1.82) is 0 Å². The number of aliphatic hydroxyl groups excluding tert-OH is 1. The quantitative estimate of drug-likeness (QED) is 0.633. The van der Waals surface area contributed by atoms with Gasteiger partial charge in [0.05, 0.1) is 13.2 Å². The maximum atomic E-state index is 8.68. The van der Waals surface area contributed by atoms with Crippen LogP contribution in [0.1, 0.15) is 26.7 Å². The summed E-state index contributed by atoms with van der Waals surface area (Å²) in [6.07, 6.45) is 1.50. The van der Waals surface area contributed by atoms with Gasteiger partial charge >= 0.3 is 12.0 Å². The van der Waals surface area contributed by atoms with Crippen LogP contribution < -0.4 is 14.8 Å². The van der Waals surface area contributed by atoms with Crippen LogP contribution in [0.5, 0.6) is 12.0 Å². The maximum absolute atomic E-state index is 8.68. The van der Waals surface area contributed by atoms with Crippen molar-refractivity contribution in [2.24, 2.45) is 0 Å². The lowest BCUT2D eigenvalue weighted by molar-refractivity contribution is 0.220. The van der Waals surface area contributed by atoms with Crippen LogP contribution in [-0.4, -0.2) is 46.4 Å². The highest BCUT2D eigenvalue weighted by molar-refractivity contribution is 5.27. The first-order chi connectivity index (χ1) is 8.80. The second-order valence-electron chi connectivity index (χ2n) is 3.51. The monoisotopic (exact) mass is 256 g/mol. The van der Waals surface area contributed by atoms with E-state index in [9.17, 15) is 0 Å². The van der Waals surface area contributed by atoms with Gasteiger partial charge in [0.2, 0.25) is 5.95 Å².